The highest BCUT2D eigenvalue weighted by atomic mass is 16.5. The maximum Gasteiger partial charge on any atom is 0.221 e. The van der Waals surface area contributed by atoms with Gasteiger partial charge in [0.2, 0.25) is 5.88 Å². The van der Waals surface area contributed by atoms with Crippen molar-refractivity contribution in [2.45, 2.75) is 70.8 Å². The minimum absolute atomic E-state index is 0.257. The summed E-state index contributed by atoms with van der Waals surface area (Å²) in [5.41, 5.74) is 2.39. The number of hydrogen-bond donors (Lipinski definition) is 1. The topological polar surface area (TPSA) is 42.4 Å². The van der Waals surface area contributed by atoms with E-state index in [-0.39, 0.29) is 11.0 Å². The molecule has 1 aliphatic heterocycles. The second-order valence-electron chi connectivity index (χ2n) is 9.57. The standard InChI is InChI=1S/C24H31NO2/c1-15-11-12-18-17(13-15)21-19(26)14-20(25-22(21)27-24(18,4)5)23(2,3)16-9-7-6-8-10-16/h6-10,14-15,17-18H,11-13H2,1-5H3,(H,25,26)/t15-,17-,18?/m1/s1. The molecule has 3 heteroatoms. The fraction of sp³-hybridized carbons (Fsp3) is 0.542. The normalized spacial score (nSPS) is 26.6. The Morgan fingerprint density at radius 3 is 2.56 bits per heavy atom. The Kier molecular flexibility index (Phi) is 4.25. The van der Waals surface area contributed by atoms with Crippen molar-refractivity contribution < 1.29 is 9.84 Å². The molecule has 27 heavy (non-hydrogen) atoms. The number of pyridine rings is 1. The molecular formula is C24H31NO2. The van der Waals surface area contributed by atoms with Crippen LogP contribution < -0.4 is 4.74 Å². The van der Waals surface area contributed by atoms with Gasteiger partial charge in [0, 0.05) is 17.4 Å². The van der Waals surface area contributed by atoms with E-state index in [0.717, 1.165) is 24.1 Å². The van der Waals surface area contributed by atoms with Crippen molar-refractivity contribution >= 4 is 0 Å². The monoisotopic (exact) mass is 365 g/mol. The lowest BCUT2D eigenvalue weighted by atomic mass is 9.64. The average molecular weight is 366 g/mol. The molecule has 3 atom stereocenters. The fourth-order valence-corrected chi connectivity index (χ4v) is 5.12. The molecular weight excluding hydrogens is 334 g/mol. The third kappa shape index (κ3) is 3.01. The van der Waals surface area contributed by atoms with Gasteiger partial charge < -0.3 is 9.84 Å². The molecule has 2 heterocycles. The lowest BCUT2D eigenvalue weighted by Crippen LogP contribution is -2.47. The van der Waals surface area contributed by atoms with E-state index in [1.807, 2.05) is 24.3 Å². The molecule has 2 aliphatic rings. The van der Waals surface area contributed by atoms with E-state index in [1.54, 1.807) is 0 Å². The SMILES string of the molecule is C[C@@H]1CCC2[C@@H](C1)c1c(O)cc(C(C)(C)c3ccccc3)nc1OC2(C)C. The van der Waals surface area contributed by atoms with E-state index in [2.05, 4.69) is 46.8 Å². The summed E-state index contributed by atoms with van der Waals surface area (Å²) < 4.78 is 6.41. The van der Waals surface area contributed by atoms with E-state index in [0.29, 0.717) is 29.4 Å². The van der Waals surface area contributed by atoms with Gasteiger partial charge in [0.15, 0.2) is 0 Å². The molecule has 4 rings (SSSR count). The van der Waals surface area contributed by atoms with Gasteiger partial charge in [-0.2, -0.15) is 0 Å². The van der Waals surface area contributed by atoms with Crippen LogP contribution in [0.3, 0.4) is 0 Å². The predicted molar refractivity (Wildman–Crippen MR) is 108 cm³/mol. The van der Waals surface area contributed by atoms with Crippen LogP contribution in [0, 0.1) is 11.8 Å². The number of nitrogens with zero attached hydrogens (tertiary/aromatic N) is 1. The van der Waals surface area contributed by atoms with Gasteiger partial charge in [-0.25, -0.2) is 4.98 Å². The molecule has 1 unspecified atom stereocenters. The third-order valence-electron chi connectivity index (χ3n) is 6.87. The van der Waals surface area contributed by atoms with Gasteiger partial charge in [-0.1, -0.05) is 57.5 Å². The number of ether oxygens (including phenoxy) is 1. The summed E-state index contributed by atoms with van der Waals surface area (Å²) >= 11 is 0. The van der Waals surface area contributed by atoms with Crippen LogP contribution in [0.2, 0.25) is 0 Å². The van der Waals surface area contributed by atoms with Crippen LogP contribution in [-0.4, -0.2) is 15.7 Å². The zero-order valence-electron chi connectivity index (χ0n) is 17.1. The number of benzene rings is 1. The van der Waals surface area contributed by atoms with Crippen molar-refractivity contribution in [1.29, 1.82) is 0 Å². The number of aromatic nitrogens is 1. The Morgan fingerprint density at radius 2 is 1.85 bits per heavy atom. The van der Waals surface area contributed by atoms with Gasteiger partial charge in [0.25, 0.3) is 0 Å². The lowest BCUT2D eigenvalue weighted by Gasteiger charge is -2.48. The first-order chi connectivity index (χ1) is 12.7. The number of hydrogen-bond acceptors (Lipinski definition) is 3. The van der Waals surface area contributed by atoms with Crippen LogP contribution in [0.25, 0.3) is 0 Å². The van der Waals surface area contributed by atoms with E-state index >= 15 is 0 Å². The van der Waals surface area contributed by atoms with Gasteiger partial charge in [-0.05, 0) is 44.1 Å². The van der Waals surface area contributed by atoms with Crippen LogP contribution in [-0.2, 0) is 5.41 Å². The quantitative estimate of drug-likeness (QED) is 0.731. The van der Waals surface area contributed by atoms with Crippen molar-refractivity contribution in [3.8, 4) is 11.6 Å². The molecule has 1 aromatic heterocycles. The molecule has 1 N–H and O–H groups in total. The van der Waals surface area contributed by atoms with E-state index in [1.165, 1.54) is 12.0 Å². The first-order valence-corrected chi connectivity index (χ1v) is 10.2. The van der Waals surface area contributed by atoms with Crippen molar-refractivity contribution in [2.24, 2.45) is 11.8 Å². The Hall–Kier alpha value is -2.03. The summed E-state index contributed by atoms with van der Waals surface area (Å²) in [4.78, 5) is 4.95. The smallest absolute Gasteiger partial charge is 0.221 e. The minimum atomic E-state index is -0.308. The molecule has 3 nitrogen and oxygen atoms in total. The molecule has 1 fully saturated rings. The van der Waals surface area contributed by atoms with Gasteiger partial charge in [-0.15, -0.1) is 0 Å². The average Bonchev–Trinajstić information content (AvgIpc) is 2.61. The van der Waals surface area contributed by atoms with Crippen LogP contribution >= 0.6 is 0 Å². The number of aromatic hydroxyl groups is 1. The number of fused-ring (bicyclic) bond motifs is 3. The highest BCUT2D eigenvalue weighted by Crippen LogP contribution is 2.55. The maximum atomic E-state index is 11.0. The summed E-state index contributed by atoms with van der Waals surface area (Å²) in [7, 11) is 0. The minimum Gasteiger partial charge on any atom is -0.507 e. The molecule has 2 aromatic rings. The zero-order valence-corrected chi connectivity index (χ0v) is 17.1. The Morgan fingerprint density at radius 1 is 1.15 bits per heavy atom. The molecule has 0 bridgehead atoms. The third-order valence-corrected chi connectivity index (χ3v) is 6.87. The van der Waals surface area contributed by atoms with Crippen molar-refractivity contribution in [1.82, 2.24) is 4.98 Å². The number of rotatable bonds is 2. The second-order valence-corrected chi connectivity index (χ2v) is 9.57. The zero-order chi connectivity index (χ0) is 19.4. The Balaban J connectivity index is 1.82. The summed E-state index contributed by atoms with van der Waals surface area (Å²) in [6, 6.07) is 12.2. The molecule has 0 spiro atoms. The van der Waals surface area contributed by atoms with Crippen molar-refractivity contribution in [3.63, 3.8) is 0 Å². The fourth-order valence-electron chi connectivity index (χ4n) is 5.12. The van der Waals surface area contributed by atoms with E-state index < -0.39 is 0 Å². The lowest BCUT2D eigenvalue weighted by molar-refractivity contribution is -0.0189. The maximum absolute atomic E-state index is 11.0. The summed E-state index contributed by atoms with van der Waals surface area (Å²) in [5, 5.41) is 11.0. The molecule has 0 saturated heterocycles. The Bertz CT molecular complexity index is 841. The van der Waals surface area contributed by atoms with Crippen molar-refractivity contribution in [3.05, 3.63) is 53.2 Å². The van der Waals surface area contributed by atoms with Gasteiger partial charge in [-0.3, -0.25) is 0 Å². The molecule has 1 aliphatic carbocycles. The van der Waals surface area contributed by atoms with E-state index in [4.69, 9.17) is 9.72 Å². The van der Waals surface area contributed by atoms with Crippen molar-refractivity contribution in [2.75, 3.05) is 0 Å². The van der Waals surface area contributed by atoms with E-state index in [9.17, 15) is 5.11 Å². The molecule has 1 aromatic carbocycles. The first kappa shape index (κ1) is 18.3. The van der Waals surface area contributed by atoms with Gasteiger partial charge >= 0.3 is 0 Å². The largest absolute Gasteiger partial charge is 0.507 e. The van der Waals surface area contributed by atoms with Crippen LogP contribution in [0.4, 0.5) is 0 Å². The molecule has 144 valence electrons. The first-order valence-electron chi connectivity index (χ1n) is 10.2. The van der Waals surface area contributed by atoms with Crippen LogP contribution in [0.15, 0.2) is 36.4 Å². The molecule has 1 saturated carbocycles. The van der Waals surface area contributed by atoms with Gasteiger partial charge in [0.1, 0.15) is 11.4 Å². The predicted octanol–water partition coefficient (Wildman–Crippen LogP) is 5.80. The highest BCUT2D eigenvalue weighted by Gasteiger charge is 2.48. The van der Waals surface area contributed by atoms with Crippen LogP contribution in [0.5, 0.6) is 11.6 Å². The summed E-state index contributed by atoms with van der Waals surface area (Å²) in [6.07, 6.45) is 3.48. The molecule has 0 amide bonds. The van der Waals surface area contributed by atoms with Gasteiger partial charge in [0.05, 0.1) is 11.3 Å². The van der Waals surface area contributed by atoms with Crippen LogP contribution in [0.1, 0.15) is 76.6 Å². The summed E-state index contributed by atoms with van der Waals surface area (Å²) in [5.74, 6) is 2.41. The Labute approximate surface area is 162 Å². The summed E-state index contributed by atoms with van der Waals surface area (Å²) in [6.45, 7) is 11.0. The molecule has 0 radical (unpaired) electrons. The second kappa shape index (κ2) is 6.25. The highest BCUT2D eigenvalue weighted by molar-refractivity contribution is 5.49.